The minimum absolute atomic E-state index is 0.256. The number of hydrogen-bond acceptors (Lipinski definition) is 3. The van der Waals surface area contributed by atoms with Crippen LogP contribution in [-0.4, -0.2) is 9.97 Å². The Kier molecular flexibility index (Phi) is 3.40. The standard InChI is InChI=1S/C10H6BrFN2OS/c11-8-9(15)13-5-14-10(8)16-7-3-1-2-6(12)4-7/h1-5H,(H,13,14,15). The van der Waals surface area contributed by atoms with E-state index < -0.39 is 0 Å². The zero-order chi connectivity index (χ0) is 11.5. The van der Waals surface area contributed by atoms with E-state index in [0.717, 1.165) is 0 Å². The smallest absolute Gasteiger partial charge is 0.266 e. The maximum Gasteiger partial charge on any atom is 0.266 e. The summed E-state index contributed by atoms with van der Waals surface area (Å²) >= 11 is 4.36. The zero-order valence-corrected chi connectivity index (χ0v) is 10.3. The van der Waals surface area contributed by atoms with Crippen molar-refractivity contribution in [3.05, 3.63) is 51.2 Å². The van der Waals surface area contributed by atoms with E-state index in [1.807, 2.05) is 0 Å². The molecule has 1 N–H and O–H groups in total. The molecular formula is C10H6BrFN2OS. The Morgan fingerprint density at radius 3 is 3.00 bits per heavy atom. The third kappa shape index (κ3) is 2.51. The van der Waals surface area contributed by atoms with Crippen molar-refractivity contribution >= 4 is 27.7 Å². The molecule has 0 amide bonds. The zero-order valence-electron chi connectivity index (χ0n) is 7.91. The Balaban J connectivity index is 2.34. The van der Waals surface area contributed by atoms with Crippen LogP contribution in [0.3, 0.4) is 0 Å². The molecule has 0 aliphatic heterocycles. The topological polar surface area (TPSA) is 45.8 Å². The van der Waals surface area contributed by atoms with Crippen molar-refractivity contribution in [2.45, 2.75) is 9.92 Å². The second-order valence-electron chi connectivity index (χ2n) is 2.91. The SMILES string of the molecule is O=c1[nH]cnc(Sc2cccc(F)c2)c1Br. The van der Waals surface area contributed by atoms with E-state index in [1.165, 1.54) is 30.2 Å². The number of H-pyrrole nitrogens is 1. The molecule has 0 radical (unpaired) electrons. The van der Waals surface area contributed by atoms with E-state index >= 15 is 0 Å². The van der Waals surface area contributed by atoms with Crippen molar-refractivity contribution in [2.24, 2.45) is 0 Å². The Hall–Kier alpha value is -1.14. The summed E-state index contributed by atoms with van der Waals surface area (Å²) in [6, 6.07) is 6.12. The summed E-state index contributed by atoms with van der Waals surface area (Å²) in [6.45, 7) is 0. The highest BCUT2D eigenvalue weighted by Gasteiger charge is 2.07. The van der Waals surface area contributed by atoms with Gasteiger partial charge in [0.1, 0.15) is 15.3 Å². The van der Waals surface area contributed by atoms with E-state index in [4.69, 9.17) is 0 Å². The summed E-state index contributed by atoms with van der Waals surface area (Å²) < 4.78 is 13.3. The van der Waals surface area contributed by atoms with Crippen molar-refractivity contribution in [3.8, 4) is 0 Å². The lowest BCUT2D eigenvalue weighted by molar-refractivity contribution is 0.624. The number of hydrogen-bond donors (Lipinski definition) is 1. The van der Waals surface area contributed by atoms with Gasteiger partial charge in [-0.15, -0.1) is 0 Å². The van der Waals surface area contributed by atoms with Gasteiger partial charge in [0.2, 0.25) is 0 Å². The molecule has 0 spiro atoms. The molecule has 0 bridgehead atoms. The third-order valence-corrected chi connectivity index (χ3v) is 3.77. The number of nitrogens with zero attached hydrogens (tertiary/aromatic N) is 1. The maximum absolute atomic E-state index is 12.9. The molecule has 82 valence electrons. The van der Waals surface area contributed by atoms with Gasteiger partial charge in [-0.05, 0) is 34.1 Å². The summed E-state index contributed by atoms with van der Waals surface area (Å²) in [5.41, 5.74) is -0.256. The molecule has 2 rings (SSSR count). The van der Waals surface area contributed by atoms with E-state index in [9.17, 15) is 9.18 Å². The monoisotopic (exact) mass is 300 g/mol. The molecule has 2 aromatic rings. The van der Waals surface area contributed by atoms with Gasteiger partial charge in [0, 0.05) is 4.90 Å². The van der Waals surface area contributed by atoms with E-state index in [-0.39, 0.29) is 11.4 Å². The molecule has 0 saturated carbocycles. The van der Waals surface area contributed by atoms with Gasteiger partial charge in [0.15, 0.2) is 0 Å². The summed E-state index contributed by atoms with van der Waals surface area (Å²) in [5.74, 6) is -0.314. The highest BCUT2D eigenvalue weighted by atomic mass is 79.9. The fourth-order valence-corrected chi connectivity index (χ4v) is 2.37. The molecule has 0 atom stereocenters. The molecular weight excluding hydrogens is 295 g/mol. The second kappa shape index (κ2) is 4.80. The molecule has 3 nitrogen and oxygen atoms in total. The normalized spacial score (nSPS) is 10.4. The summed E-state index contributed by atoms with van der Waals surface area (Å²) in [7, 11) is 0. The Labute approximate surface area is 103 Å². The number of rotatable bonds is 2. The molecule has 0 aliphatic rings. The van der Waals surface area contributed by atoms with Crippen LogP contribution in [0.4, 0.5) is 4.39 Å². The first-order valence-electron chi connectivity index (χ1n) is 4.33. The summed E-state index contributed by atoms with van der Waals surface area (Å²) in [5, 5.41) is 0.509. The van der Waals surface area contributed by atoms with Gasteiger partial charge in [0.05, 0.1) is 6.33 Å². The first kappa shape index (κ1) is 11.3. The van der Waals surface area contributed by atoms with Crippen LogP contribution in [-0.2, 0) is 0 Å². The van der Waals surface area contributed by atoms with E-state index in [1.54, 1.807) is 12.1 Å². The van der Waals surface area contributed by atoms with Crippen molar-refractivity contribution in [3.63, 3.8) is 0 Å². The lowest BCUT2D eigenvalue weighted by Crippen LogP contribution is -2.07. The van der Waals surface area contributed by atoms with Gasteiger partial charge in [-0.1, -0.05) is 17.8 Å². The van der Waals surface area contributed by atoms with Crippen LogP contribution in [0, 0.1) is 5.82 Å². The molecule has 0 saturated heterocycles. The van der Waals surface area contributed by atoms with Crippen LogP contribution in [0.15, 0.2) is 49.8 Å². The molecule has 1 aromatic heterocycles. The second-order valence-corrected chi connectivity index (χ2v) is 4.77. The van der Waals surface area contributed by atoms with Crippen LogP contribution in [0.25, 0.3) is 0 Å². The Morgan fingerprint density at radius 2 is 2.25 bits per heavy atom. The molecule has 0 aliphatic carbocycles. The van der Waals surface area contributed by atoms with Gasteiger partial charge in [0.25, 0.3) is 5.56 Å². The molecule has 1 aromatic carbocycles. The fraction of sp³-hybridized carbons (Fsp3) is 0. The van der Waals surface area contributed by atoms with Crippen molar-refractivity contribution in [1.29, 1.82) is 0 Å². The first-order chi connectivity index (χ1) is 7.66. The highest BCUT2D eigenvalue weighted by Crippen LogP contribution is 2.29. The number of aromatic nitrogens is 2. The van der Waals surface area contributed by atoms with Crippen LogP contribution in [0.2, 0.25) is 0 Å². The average molecular weight is 301 g/mol. The van der Waals surface area contributed by atoms with E-state index in [0.29, 0.717) is 14.4 Å². The van der Waals surface area contributed by atoms with Crippen LogP contribution in [0.5, 0.6) is 0 Å². The Morgan fingerprint density at radius 1 is 1.44 bits per heavy atom. The van der Waals surface area contributed by atoms with E-state index in [2.05, 4.69) is 25.9 Å². The molecule has 1 heterocycles. The highest BCUT2D eigenvalue weighted by molar-refractivity contribution is 9.10. The lowest BCUT2D eigenvalue weighted by Gasteiger charge is -2.01. The molecule has 0 unspecified atom stereocenters. The minimum atomic E-state index is -0.314. The third-order valence-electron chi connectivity index (χ3n) is 1.78. The first-order valence-corrected chi connectivity index (χ1v) is 5.94. The summed E-state index contributed by atoms with van der Waals surface area (Å²) in [6.07, 6.45) is 1.31. The maximum atomic E-state index is 12.9. The fourth-order valence-electron chi connectivity index (χ4n) is 1.08. The quantitative estimate of drug-likeness (QED) is 0.868. The summed E-state index contributed by atoms with van der Waals surface area (Å²) in [4.78, 5) is 18.4. The van der Waals surface area contributed by atoms with Crippen molar-refractivity contribution in [1.82, 2.24) is 9.97 Å². The predicted molar refractivity (Wildman–Crippen MR) is 63.1 cm³/mol. The van der Waals surface area contributed by atoms with Gasteiger partial charge < -0.3 is 4.98 Å². The largest absolute Gasteiger partial charge is 0.312 e. The van der Waals surface area contributed by atoms with Gasteiger partial charge in [-0.2, -0.15) is 0 Å². The van der Waals surface area contributed by atoms with Gasteiger partial charge in [-0.3, -0.25) is 4.79 Å². The van der Waals surface area contributed by atoms with Crippen LogP contribution < -0.4 is 5.56 Å². The minimum Gasteiger partial charge on any atom is -0.312 e. The lowest BCUT2D eigenvalue weighted by atomic mass is 10.4. The molecule has 0 fully saturated rings. The molecule has 16 heavy (non-hydrogen) atoms. The predicted octanol–water partition coefficient (Wildman–Crippen LogP) is 2.82. The van der Waals surface area contributed by atoms with Crippen LogP contribution in [0.1, 0.15) is 0 Å². The number of aromatic amines is 1. The van der Waals surface area contributed by atoms with Crippen LogP contribution >= 0.6 is 27.7 Å². The van der Waals surface area contributed by atoms with Gasteiger partial charge >= 0.3 is 0 Å². The van der Waals surface area contributed by atoms with Crippen molar-refractivity contribution in [2.75, 3.05) is 0 Å². The average Bonchev–Trinajstić information content (AvgIpc) is 2.25. The molecule has 6 heteroatoms. The number of nitrogens with one attached hydrogen (secondary N) is 1. The van der Waals surface area contributed by atoms with Gasteiger partial charge in [-0.25, -0.2) is 9.37 Å². The van der Waals surface area contributed by atoms with Crippen molar-refractivity contribution < 1.29 is 4.39 Å². The Bertz CT molecular complexity index is 573. The number of halogens is 2. The number of benzene rings is 1.